The summed E-state index contributed by atoms with van der Waals surface area (Å²) in [5, 5.41) is 8.18. The van der Waals surface area contributed by atoms with Gasteiger partial charge < -0.3 is 14.0 Å². The highest BCUT2D eigenvalue weighted by Gasteiger charge is 2.29. The Hall–Kier alpha value is -2.04. The van der Waals surface area contributed by atoms with Gasteiger partial charge in [0.1, 0.15) is 12.9 Å². The van der Waals surface area contributed by atoms with Gasteiger partial charge in [-0.15, -0.1) is 10.2 Å². The molecule has 5 nitrogen and oxygen atoms in total. The van der Waals surface area contributed by atoms with Crippen molar-refractivity contribution in [2.24, 2.45) is 0 Å². The Balaban J connectivity index is 1.92. The Bertz CT molecular complexity index is 586. The van der Waals surface area contributed by atoms with Crippen LogP contribution in [0, 0.1) is 0 Å². The minimum Gasteiger partial charge on any atom is -0.485 e. The van der Waals surface area contributed by atoms with Gasteiger partial charge in [0.15, 0.2) is 23.4 Å². The number of hydrogen-bond acceptors (Lipinski definition) is 4. The fourth-order valence-electron chi connectivity index (χ4n) is 2.13. The third-order valence-electron chi connectivity index (χ3n) is 3.09. The molecule has 0 radical (unpaired) electrons. The molecule has 1 unspecified atom stereocenters. The lowest BCUT2D eigenvalue weighted by molar-refractivity contribution is 0.0789. The predicted molar refractivity (Wildman–Crippen MR) is 70.3 cm³/mol. The molecule has 0 saturated carbocycles. The Labute approximate surface area is 112 Å². The highest BCUT2D eigenvalue weighted by Crippen LogP contribution is 2.36. The first-order valence-corrected chi connectivity index (χ1v) is 6.34. The van der Waals surface area contributed by atoms with Crippen LogP contribution >= 0.6 is 0 Å². The van der Waals surface area contributed by atoms with Crippen LogP contribution in [0.15, 0.2) is 30.6 Å². The van der Waals surface area contributed by atoms with E-state index in [0.29, 0.717) is 6.61 Å². The highest BCUT2D eigenvalue weighted by molar-refractivity contribution is 5.41. The monoisotopic (exact) mass is 259 g/mol. The Morgan fingerprint density at radius 2 is 1.95 bits per heavy atom. The molecule has 2 aromatic rings. The quantitative estimate of drug-likeness (QED) is 0.789. The van der Waals surface area contributed by atoms with E-state index < -0.39 is 0 Å². The van der Waals surface area contributed by atoms with E-state index in [1.165, 1.54) is 0 Å². The smallest absolute Gasteiger partial charge is 0.192 e. The molecule has 0 spiro atoms. The molecule has 1 aromatic carbocycles. The first-order chi connectivity index (χ1) is 9.05. The number of ether oxygens (including phenoxy) is 2. The zero-order chi connectivity index (χ0) is 13.5. The zero-order valence-electron chi connectivity index (χ0n) is 11.3. The van der Waals surface area contributed by atoms with E-state index in [2.05, 4.69) is 31.0 Å². The van der Waals surface area contributed by atoms with Crippen molar-refractivity contribution < 1.29 is 9.47 Å². The second-order valence-electron chi connectivity index (χ2n) is 5.59. The second kappa shape index (κ2) is 4.26. The lowest BCUT2D eigenvalue weighted by Gasteiger charge is -2.29. The maximum absolute atomic E-state index is 5.96. The summed E-state index contributed by atoms with van der Waals surface area (Å²) < 4.78 is 13.7. The molecule has 0 bridgehead atoms. The van der Waals surface area contributed by atoms with Crippen LogP contribution in [0.2, 0.25) is 0 Å². The summed E-state index contributed by atoms with van der Waals surface area (Å²) in [6.07, 6.45) is 1.51. The second-order valence-corrected chi connectivity index (χ2v) is 5.59. The minimum atomic E-state index is -0.225. The first-order valence-electron chi connectivity index (χ1n) is 6.34. The maximum Gasteiger partial charge on any atom is 0.192 e. The number of fused-ring (bicyclic) bond motifs is 1. The lowest BCUT2D eigenvalue weighted by atomic mass is 10.1. The normalized spacial score (nSPS) is 18.4. The molecule has 3 rings (SSSR count). The summed E-state index contributed by atoms with van der Waals surface area (Å²) in [4.78, 5) is 0. The average Bonchev–Trinajstić information content (AvgIpc) is 2.87. The SMILES string of the molecule is CC(C)(C)n1cnnc1C1COc2ccccc2O1. The number of hydrogen-bond donors (Lipinski definition) is 0. The third-order valence-corrected chi connectivity index (χ3v) is 3.09. The van der Waals surface area contributed by atoms with Crippen LogP contribution in [0.4, 0.5) is 0 Å². The molecule has 1 aliphatic heterocycles. The number of nitrogens with zero attached hydrogens (tertiary/aromatic N) is 3. The predicted octanol–water partition coefficient (Wildman–Crippen LogP) is 2.55. The fourth-order valence-corrected chi connectivity index (χ4v) is 2.13. The average molecular weight is 259 g/mol. The topological polar surface area (TPSA) is 49.2 Å². The molecule has 0 saturated heterocycles. The van der Waals surface area contributed by atoms with Crippen molar-refractivity contribution in [3.8, 4) is 11.5 Å². The van der Waals surface area contributed by atoms with Crippen LogP contribution in [0.3, 0.4) is 0 Å². The van der Waals surface area contributed by atoms with Crippen LogP contribution in [0.1, 0.15) is 32.7 Å². The molecule has 2 heterocycles. The van der Waals surface area contributed by atoms with Crippen molar-refractivity contribution >= 4 is 0 Å². The molecule has 0 amide bonds. The summed E-state index contributed by atoms with van der Waals surface area (Å²) in [5.74, 6) is 2.32. The van der Waals surface area contributed by atoms with Gasteiger partial charge in [-0.2, -0.15) is 0 Å². The Morgan fingerprint density at radius 3 is 2.68 bits per heavy atom. The van der Waals surface area contributed by atoms with Crippen molar-refractivity contribution in [2.75, 3.05) is 6.61 Å². The molecular weight excluding hydrogens is 242 g/mol. The number of benzene rings is 1. The van der Waals surface area contributed by atoms with E-state index in [1.807, 2.05) is 28.8 Å². The van der Waals surface area contributed by atoms with Gasteiger partial charge in [0.05, 0.1) is 0 Å². The summed E-state index contributed by atoms with van der Waals surface area (Å²) >= 11 is 0. The van der Waals surface area contributed by atoms with Gasteiger partial charge in [-0.1, -0.05) is 12.1 Å². The summed E-state index contributed by atoms with van der Waals surface area (Å²) in [7, 11) is 0. The number of aromatic nitrogens is 3. The first kappa shape index (κ1) is 12.0. The van der Waals surface area contributed by atoms with Crippen LogP contribution in [-0.4, -0.2) is 21.4 Å². The van der Waals surface area contributed by atoms with Crippen molar-refractivity contribution in [3.05, 3.63) is 36.4 Å². The number of rotatable bonds is 1. The molecule has 0 fully saturated rings. The van der Waals surface area contributed by atoms with E-state index >= 15 is 0 Å². The van der Waals surface area contributed by atoms with Gasteiger partial charge in [-0.25, -0.2) is 0 Å². The van der Waals surface area contributed by atoms with Gasteiger partial charge >= 0.3 is 0 Å². The maximum atomic E-state index is 5.96. The molecule has 0 N–H and O–H groups in total. The molecule has 19 heavy (non-hydrogen) atoms. The molecule has 100 valence electrons. The minimum absolute atomic E-state index is 0.0842. The van der Waals surface area contributed by atoms with Gasteiger partial charge in [-0.05, 0) is 32.9 Å². The van der Waals surface area contributed by atoms with Crippen molar-refractivity contribution in [1.82, 2.24) is 14.8 Å². The van der Waals surface area contributed by atoms with E-state index in [4.69, 9.17) is 9.47 Å². The van der Waals surface area contributed by atoms with Crippen LogP contribution in [0.25, 0.3) is 0 Å². The molecule has 1 aliphatic rings. The summed E-state index contributed by atoms with van der Waals surface area (Å²) in [5.41, 5.74) is -0.0842. The standard InChI is InChI=1S/C14H17N3O2/c1-14(2,3)17-9-15-16-13(17)12-8-18-10-6-4-5-7-11(10)19-12/h4-7,9,12H,8H2,1-3H3. The van der Waals surface area contributed by atoms with Crippen molar-refractivity contribution in [3.63, 3.8) is 0 Å². The Morgan fingerprint density at radius 1 is 1.21 bits per heavy atom. The van der Waals surface area contributed by atoms with E-state index in [1.54, 1.807) is 6.33 Å². The van der Waals surface area contributed by atoms with Gasteiger partial charge in [0.2, 0.25) is 0 Å². The number of para-hydroxylation sites is 2. The van der Waals surface area contributed by atoms with Gasteiger partial charge in [0.25, 0.3) is 0 Å². The van der Waals surface area contributed by atoms with Gasteiger partial charge in [-0.3, -0.25) is 0 Å². The third kappa shape index (κ3) is 2.16. The molecule has 1 aromatic heterocycles. The van der Waals surface area contributed by atoms with E-state index in [0.717, 1.165) is 17.3 Å². The van der Waals surface area contributed by atoms with Crippen molar-refractivity contribution in [2.45, 2.75) is 32.4 Å². The lowest BCUT2D eigenvalue weighted by Crippen LogP contribution is -2.30. The molecular formula is C14H17N3O2. The van der Waals surface area contributed by atoms with E-state index in [-0.39, 0.29) is 11.6 Å². The van der Waals surface area contributed by atoms with Crippen LogP contribution in [0.5, 0.6) is 11.5 Å². The van der Waals surface area contributed by atoms with Crippen LogP contribution in [-0.2, 0) is 5.54 Å². The fraction of sp³-hybridized carbons (Fsp3) is 0.429. The highest BCUT2D eigenvalue weighted by atomic mass is 16.6. The zero-order valence-corrected chi connectivity index (χ0v) is 11.3. The summed E-state index contributed by atoms with van der Waals surface area (Å²) in [6.45, 7) is 6.78. The Kier molecular flexibility index (Phi) is 2.69. The van der Waals surface area contributed by atoms with Gasteiger partial charge in [0, 0.05) is 5.54 Å². The molecule has 0 aliphatic carbocycles. The summed E-state index contributed by atoms with van der Waals surface area (Å²) in [6, 6.07) is 7.67. The van der Waals surface area contributed by atoms with Crippen LogP contribution < -0.4 is 9.47 Å². The molecule has 1 atom stereocenters. The van der Waals surface area contributed by atoms with E-state index in [9.17, 15) is 0 Å². The van der Waals surface area contributed by atoms with Crippen molar-refractivity contribution in [1.29, 1.82) is 0 Å². The largest absolute Gasteiger partial charge is 0.485 e. The molecule has 5 heteroatoms.